The normalized spacial score (nSPS) is 10.5. The molecule has 0 fully saturated rings. The largest absolute Gasteiger partial charge is 0.481 e. The quantitative estimate of drug-likeness (QED) is 0.901. The minimum absolute atomic E-state index is 0.125. The molecule has 1 N–H and O–H groups in total. The molecule has 18 heavy (non-hydrogen) atoms. The van der Waals surface area contributed by atoms with Gasteiger partial charge in [-0.2, -0.15) is 0 Å². The summed E-state index contributed by atoms with van der Waals surface area (Å²) >= 11 is 1.44. The Morgan fingerprint density at radius 1 is 1.44 bits per heavy atom. The van der Waals surface area contributed by atoms with Crippen molar-refractivity contribution in [3.05, 3.63) is 41.3 Å². The van der Waals surface area contributed by atoms with Crippen LogP contribution in [0, 0.1) is 5.82 Å². The Morgan fingerprint density at radius 3 is 3.00 bits per heavy atom. The molecular weight excluding hydrogens is 253 g/mol. The Balaban J connectivity index is 2.15. The second-order valence-electron chi connectivity index (χ2n) is 3.89. The van der Waals surface area contributed by atoms with Crippen molar-refractivity contribution in [1.29, 1.82) is 0 Å². The van der Waals surface area contributed by atoms with Gasteiger partial charge in [-0.25, -0.2) is 9.37 Å². The molecule has 2 aromatic rings. The van der Waals surface area contributed by atoms with Crippen molar-refractivity contribution in [2.24, 2.45) is 0 Å². The van der Waals surface area contributed by atoms with Gasteiger partial charge in [0.2, 0.25) is 0 Å². The van der Waals surface area contributed by atoms with Gasteiger partial charge in [0.15, 0.2) is 0 Å². The summed E-state index contributed by atoms with van der Waals surface area (Å²) in [6.07, 6.45) is 1.27. The average Bonchev–Trinajstić information content (AvgIpc) is 2.77. The number of aromatic nitrogens is 1. The fraction of sp³-hybridized carbons (Fsp3) is 0.231. The molecule has 94 valence electrons. The topological polar surface area (TPSA) is 50.2 Å². The molecule has 0 amide bonds. The smallest absolute Gasteiger partial charge is 0.303 e. The first-order valence-electron chi connectivity index (χ1n) is 5.57. The molecule has 0 saturated carbocycles. The van der Waals surface area contributed by atoms with Crippen LogP contribution in [0.5, 0.6) is 0 Å². The molecule has 5 heteroatoms. The molecule has 0 aliphatic rings. The Hall–Kier alpha value is -1.75. The van der Waals surface area contributed by atoms with Gasteiger partial charge >= 0.3 is 5.97 Å². The molecule has 0 saturated heterocycles. The maximum absolute atomic E-state index is 13.2. The lowest BCUT2D eigenvalue weighted by Crippen LogP contribution is -1.96. The predicted octanol–water partition coefficient (Wildman–Crippen LogP) is 3.36. The maximum atomic E-state index is 13.2. The van der Waals surface area contributed by atoms with Gasteiger partial charge in [0, 0.05) is 6.42 Å². The molecule has 0 aliphatic carbocycles. The second kappa shape index (κ2) is 5.73. The van der Waals surface area contributed by atoms with E-state index in [4.69, 9.17) is 5.11 Å². The Bertz CT molecular complexity index is 553. The third-order valence-corrected chi connectivity index (χ3v) is 3.45. The summed E-state index contributed by atoms with van der Waals surface area (Å²) in [5.74, 6) is -1.09. The van der Waals surface area contributed by atoms with Gasteiger partial charge in [-0.05, 0) is 30.5 Å². The van der Waals surface area contributed by atoms with E-state index in [2.05, 4.69) is 4.98 Å². The Labute approximate surface area is 108 Å². The van der Waals surface area contributed by atoms with Crippen LogP contribution in [0.15, 0.2) is 29.8 Å². The standard InChI is InChI=1S/C13H12FNO2S/c14-10-4-1-3-9(7-10)13-11(15-8-18-13)5-2-6-12(16)17/h1,3-4,7-8H,2,5-6H2,(H,16,17). The molecule has 0 atom stereocenters. The first-order chi connectivity index (χ1) is 8.66. The third kappa shape index (κ3) is 3.13. The summed E-state index contributed by atoms with van der Waals surface area (Å²) in [7, 11) is 0. The van der Waals surface area contributed by atoms with Crippen molar-refractivity contribution < 1.29 is 14.3 Å². The second-order valence-corrected chi connectivity index (χ2v) is 4.74. The van der Waals surface area contributed by atoms with Crippen LogP contribution in [0.4, 0.5) is 4.39 Å². The van der Waals surface area contributed by atoms with Crippen LogP contribution in [0.1, 0.15) is 18.5 Å². The molecule has 1 aromatic heterocycles. The van der Waals surface area contributed by atoms with E-state index < -0.39 is 5.97 Å². The number of halogens is 1. The van der Waals surface area contributed by atoms with E-state index in [9.17, 15) is 9.18 Å². The number of nitrogens with zero attached hydrogens (tertiary/aromatic N) is 1. The number of carbonyl (C=O) groups is 1. The van der Waals surface area contributed by atoms with E-state index in [0.29, 0.717) is 12.8 Å². The van der Waals surface area contributed by atoms with Crippen LogP contribution in [0.25, 0.3) is 10.4 Å². The van der Waals surface area contributed by atoms with Crippen molar-refractivity contribution >= 4 is 17.3 Å². The Kier molecular flexibility index (Phi) is 4.04. The molecule has 0 radical (unpaired) electrons. The first kappa shape index (κ1) is 12.7. The van der Waals surface area contributed by atoms with Crippen LogP contribution in [-0.4, -0.2) is 16.1 Å². The Morgan fingerprint density at radius 2 is 2.28 bits per heavy atom. The highest BCUT2D eigenvalue weighted by atomic mass is 32.1. The van der Waals surface area contributed by atoms with Crippen LogP contribution in [0.3, 0.4) is 0 Å². The number of aryl methyl sites for hydroxylation is 1. The number of benzene rings is 1. The van der Waals surface area contributed by atoms with Gasteiger partial charge in [0.25, 0.3) is 0 Å². The zero-order valence-electron chi connectivity index (χ0n) is 9.60. The van der Waals surface area contributed by atoms with Crippen LogP contribution in [-0.2, 0) is 11.2 Å². The van der Waals surface area contributed by atoms with Crippen molar-refractivity contribution in [1.82, 2.24) is 4.98 Å². The van der Waals surface area contributed by atoms with Gasteiger partial charge in [-0.15, -0.1) is 11.3 Å². The summed E-state index contributed by atoms with van der Waals surface area (Å²) < 4.78 is 13.2. The monoisotopic (exact) mass is 265 g/mol. The van der Waals surface area contributed by atoms with Crippen LogP contribution >= 0.6 is 11.3 Å². The van der Waals surface area contributed by atoms with Crippen LogP contribution < -0.4 is 0 Å². The summed E-state index contributed by atoms with van der Waals surface area (Å²) in [6, 6.07) is 6.35. The van der Waals surface area contributed by atoms with Gasteiger partial charge in [-0.3, -0.25) is 4.79 Å². The van der Waals surface area contributed by atoms with Gasteiger partial charge in [0.1, 0.15) is 5.82 Å². The number of carboxylic acid groups (broad SMARTS) is 1. The van der Waals surface area contributed by atoms with E-state index >= 15 is 0 Å². The van der Waals surface area contributed by atoms with E-state index in [1.807, 2.05) is 6.07 Å². The van der Waals surface area contributed by atoms with Crippen molar-refractivity contribution in [3.63, 3.8) is 0 Å². The molecule has 1 heterocycles. The lowest BCUT2D eigenvalue weighted by Gasteiger charge is -2.02. The number of thiazole rings is 1. The predicted molar refractivity (Wildman–Crippen MR) is 68.1 cm³/mol. The van der Waals surface area contributed by atoms with Gasteiger partial charge in [0.05, 0.1) is 16.1 Å². The molecule has 2 rings (SSSR count). The maximum Gasteiger partial charge on any atom is 0.303 e. The zero-order valence-corrected chi connectivity index (χ0v) is 10.4. The molecule has 1 aromatic carbocycles. The highest BCUT2D eigenvalue weighted by molar-refractivity contribution is 7.13. The lowest BCUT2D eigenvalue weighted by molar-refractivity contribution is -0.137. The average molecular weight is 265 g/mol. The molecule has 3 nitrogen and oxygen atoms in total. The highest BCUT2D eigenvalue weighted by Gasteiger charge is 2.09. The van der Waals surface area contributed by atoms with E-state index in [1.54, 1.807) is 11.6 Å². The molecular formula is C13H12FNO2S. The number of hydrogen-bond acceptors (Lipinski definition) is 3. The highest BCUT2D eigenvalue weighted by Crippen LogP contribution is 2.29. The van der Waals surface area contributed by atoms with Gasteiger partial charge < -0.3 is 5.11 Å². The van der Waals surface area contributed by atoms with Gasteiger partial charge in [-0.1, -0.05) is 12.1 Å². The fourth-order valence-electron chi connectivity index (χ4n) is 1.72. The van der Waals surface area contributed by atoms with Crippen molar-refractivity contribution in [3.8, 4) is 10.4 Å². The summed E-state index contributed by atoms with van der Waals surface area (Å²) in [5, 5.41) is 8.60. The molecule has 0 aliphatic heterocycles. The van der Waals surface area contributed by atoms with E-state index in [0.717, 1.165) is 16.1 Å². The van der Waals surface area contributed by atoms with Crippen molar-refractivity contribution in [2.75, 3.05) is 0 Å². The zero-order chi connectivity index (χ0) is 13.0. The van der Waals surface area contributed by atoms with Crippen molar-refractivity contribution in [2.45, 2.75) is 19.3 Å². The molecule has 0 spiro atoms. The number of hydrogen-bond donors (Lipinski definition) is 1. The summed E-state index contributed by atoms with van der Waals surface area (Å²) in [5.41, 5.74) is 3.34. The fourth-order valence-corrected chi connectivity index (χ4v) is 2.56. The summed E-state index contributed by atoms with van der Waals surface area (Å²) in [4.78, 5) is 15.6. The number of rotatable bonds is 5. The minimum atomic E-state index is -0.808. The third-order valence-electron chi connectivity index (χ3n) is 2.53. The minimum Gasteiger partial charge on any atom is -0.481 e. The number of aliphatic carboxylic acids is 1. The molecule has 0 unspecified atom stereocenters. The summed E-state index contributed by atoms with van der Waals surface area (Å²) in [6.45, 7) is 0. The van der Waals surface area contributed by atoms with Crippen LogP contribution in [0.2, 0.25) is 0 Å². The number of carboxylic acids is 1. The van der Waals surface area contributed by atoms with E-state index in [-0.39, 0.29) is 12.2 Å². The lowest BCUT2D eigenvalue weighted by atomic mass is 10.1. The molecule has 0 bridgehead atoms. The van der Waals surface area contributed by atoms with E-state index in [1.165, 1.54) is 23.5 Å². The first-order valence-corrected chi connectivity index (χ1v) is 6.45. The SMILES string of the molecule is O=C(O)CCCc1ncsc1-c1cccc(F)c1.